The Morgan fingerprint density at radius 2 is 1.52 bits per heavy atom. The van der Waals surface area contributed by atoms with Crippen LogP contribution >= 0.6 is 0 Å². The zero-order valence-corrected chi connectivity index (χ0v) is 15.0. The molecule has 0 bridgehead atoms. The Morgan fingerprint density at radius 1 is 1.00 bits per heavy atom. The Kier molecular flexibility index (Phi) is 7.66. The predicted octanol–water partition coefficient (Wildman–Crippen LogP) is 4.30. The lowest BCUT2D eigenvalue weighted by atomic mass is 9.76. The van der Waals surface area contributed by atoms with E-state index in [9.17, 15) is 0 Å². The zero-order chi connectivity index (χ0) is 15.9. The molecule has 1 fully saturated rings. The molecular weight excluding hydrogens is 264 g/mol. The van der Waals surface area contributed by atoms with Crippen LogP contribution in [0.1, 0.15) is 59.8 Å². The van der Waals surface area contributed by atoms with Crippen molar-refractivity contribution in [2.75, 3.05) is 34.0 Å². The maximum Gasteiger partial charge on any atom is 0.0654 e. The molecular formula is C18H36O3. The molecule has 0 radical (unpaired) electrons. The third-order valence-electron chi connectivity index (χ3n) is 5.59. The molecule has 1 atom stereocenters. The maximum absolute atomic E-state index is 6.45. The first-order valence-corrected chi connectivity index (χ1v) is 8.53. The van der Waals surface area contributed by atoms with E-state index in [1.54, 1.807) is 14.2 Å². The SMILES string of the molecule is CCC(C)C(COC)(COC)COC(C)(C)C1CCCC1. The van der Waals surface area contributed by atoms with Gasteiger partial charge in [-0.25, -0.2) is 0 Å². The Bertz CT molecular complexity index is 276. The number of hydrogen-bond acceptors (Lipinski definition) is 3. The second kappa shape index (κ2) is 8.50. The lowest BCUT2D eigenvalue weighted by molar-refractivity contribution is -0.139. The third-order valence-corrected chi connectivity index (χ3v) is 5.59. The molecule has 1 aliphatic carbocycles. The van der Waals surface area contributed by atoms with Gasteiger partial charge in [0.2, 0.25) is 0 Å². The molecule has 0 aromatic heterocycles. The molecule has 0 spiro atoms. The van der Waals surface area contributed by atoms with Crippen LogP contribution < -0.4 is 0 Å². The van der Waals surface area contributed by atoms with E-state index in [-0.39, 0.29) is 11.0 Å². The van der Waals surface area contributed by atoms with Gasteiger partial charge in [0.25, 0.3) is 0 Å². The minimum absolute atomic E-state index is 0.0449. The lowest BCUT2D eigenvalue weighted by Gasteiger charge is -2.41. The van der Waals surface area contributed by atoms with Crippen LogP contribution in [0.5, 0.6) is 0 Å². The summed E-state index contributed by atoms with van der Waals surface area (Å²) in [5.74, 6) is 1.20. The summed E-state index contributed by atoms with van der Waals surface area (Å²) in [5.41, 5.74) is -0.0924. The highest BCUT2D eigenvalue weighted by molar-refractivity contribution is 4.88. The average Bonchev–Trinajstić information content (AvgIpc) is 2.99. The summed E-state index contributed by atoms with van der Waals surface area (Å²) in [6, 6.07) is 0. The van der Waals surface area contributed by atoms with Gasteiger partial charge in [-0.05, 0) is 38.5 Å². The van der Waals surface area contributed by atoms with E-state index in [2.05, 4.69) is 27.7 Å². The highest BCUT2D eigenvalue weighted by Crippen LogP contribution is 2.39. The van der Waals surface area contributed by atoms with Crippen LogP contribution in [0.2, 0.25) is 0 Å². The van der Waals surface area contributed by atoms with Crippen LogP contribution in [-0.2, 0) is 14.2 Å². The van der Waals surface area contributed by atoms with Crippen LogP contribution in [0.4, 0.5) is 0 Å². The molecule has 21 heavy (non-hydrogen) atoms. The minimum atomic E-state index is -0.0475. The van der Waals surface area contributed by atoms with E-state index < -0.39 is 0 Å². The molecule has 3 heteroatoms. The van der Waals surface area contributed by atoms with E-state index in [0.717, 1.165) is 6.42 Å². The van der Waals surface area contributed by atoms with Crippen molar-refractivity contribution in [3.8, 4) is 0 Å². The summed E-state index contributed by atoms with van der Waals surface area (Å²) in [6.07, 6.45) is 6.42. The first-order chi connectivity index (χ1) is 9.91. The fourth-order valence-corrected chi connectivity index (χ4v) is 3.63. The number of rotatable bonds is 10. The fraction of sp³-hybridized carbons (Fsp3) is 1.00. The Hall–Kier alpha value is -0.120. The Morgan fingerprint density at radius 3 is 1.95 bits per heavy atom. The Balaban J connectivity index is 2.74. The van der Waals surface area contributed by atoms with Gasteiger partial charge in [0.15, 0.2) is 0 Å². The highest BCUT2D eigenvalue weighted by Gasteiger charge is 2.40. The van der Waals surface area contributed by atoms with Crippen molar-refractivity contribution >= 4 is 0 Å². The molecule has 1 rings (SSSR count). The van der Waals surface area contributed by atoms with E-state index >= 15 is 0 Å². The molecule has 0 amide bonds. The average molecular weight is 300 g/mol. The molecule has 0 aromatic carbocycles. The number of hydrogen-bond donors (Lipinski definition) is 0. The summed E-state index contributed by atoms with van der Waals surface area (Å²) in [4.78, 5) is 0. The van der Waals surface area contributed by atoms with Crippen LogP contribution in [0.25, 0.3) is 0 Å². The summed E-state index contributed by atoms with van der Waals surface area (Å²) in [5, 5.41) is 0. The first-order valence-electron chi connectivity index (χ1n) is 8.53. The second-order valence-electron chi connectivity index (χ2n) is 7.41. The molecule has 0 saturated heterocycles. The topological polar surface area (TPSA) is 27.7 Å². The normalized spacial score (nSPS) is 19.1. The summed E-state index contributed by atoms with van der Waals surface area (Å²) in [7, 11) is 3.55. The van der Waals surface area contributed by atoms with Gasteiger partial charge in [-0.2, -0.15) is 0 Å². The van der Waals surface area contributed by atoms with Gasteiger partial charge in [-0.3, -0.25) is 0 Å². The van der Waals surface area contributed by atoms with Crippen LogP contribution in [-0.4, -0.2) is 39.6 Å². The van der Waals surface area contributed by atoms with Crippen molar-refractivity contribution in [1.82, 2.24) is 0 Å². The van der Waals surface area contributed by atoms with Gasteiger partial charge in [0, 0.05) is 19.6 Å². The highest BCUT2D eigenvalue weighted by atomic mass is 16.5. The summed E-state index contributed by atoms with van der Waals surface area (Å²) in [6.45, 7) is 11.1. The molecule has 3 nitrogen and oxygen atoms in total. The van der Waals surface area contributed by atoms with Crippen molar-refractivity contribution in [3.05, 3.63) is 0 Å². The molecule has 1 saturated carbocycles. The van der Waals surface area contributed by atoms with Crippen molar-refractivity contribution in [2.45, 2.75) is 65.4 Å². The predicted molar refractivity (Wildman–Crippen MR) is 87.6 cm³/mol. The number of ether oxygens (including phenoxy) is 3. The lowest BCUT2D eigenvalue weighted by Crippen LogP contribution is -2.46. The minimum Gasteiger partial charge on any atom is -0.384 e. The molecule has 1 unspecified atom stereocenters. The molecule has 0 aliphatic heterocycles. The van der Waals surface area contributed by atoms with Gasteiger partial charge in [-0.1, -0.05) is 33.1 Å². The van der Waals surface area contributed by atoms with Gasteiger partial charge in [0.1, 0.15) is 0 Å². The van der Waals surface area contributed by atoms with E-state index in [4.69, 9.17) is 14.2 Å². The number of methoxy groups -OCH3 is 2. The smallest absolute Gasteiger partial charge is 0.0654 e. The first kappa shape index (κ1) is 18.9. The second-order valence-corrected chi connectivity index (χ2v) is 7.41. The van der Waals surface area contributed by atoms with E-state index in [0.29, 0.717) is 31.7 Å². The molecule has 0 aromatic rings. The van der Waals surface area contributed by atoms with E-state index in [1.165, 1.54) is 25.7 Å². The van der Waals surface area contributed by atoms with Crippen molar-refractivity contribution in [3.63, 3.8) is 0 Å². The van der Waals surface area contributed by atoms with E-state index in [1.807, 2.05) is 0 Å². The fourth-order valence-electron chi connectivity index (χ4n) is 3.63. The van der Waals surface area contributed by atoms with Crippen LogP contribution in [0, 0.1) is 17.3 Å². The quantitative estimate of drug-likeness (QED) is 0.602. The summed E-state index contributed by atoms with van der Waals surface area (Å²) >= 11 is 0. The largest absolute Gasteiger partial charge is 0.384 e. The van der Waals surface area contributed by atoms with Crippen LogP contribution in [0.15, 0.2) is 0 Å². The monoisotopic (exact) mass is 300 g/mol. The maximum atomic E-state index is 6.45. The molecule has 1 aliphatic rings. The molecule has 126 valence electrons. The molecule has 0 heterocycles. The van der Waals surface area contributed by atoms with Gasteiger partial charge < -0.3 is 14.2 Å². The zero-order valence-electron chi connectivity index (χ0n) is 15.0. The van der Waals surface area contributed by atoms with Gasteiger partial charge >= 0.3 is 0 Å². The molecule has 0 N–H and O–H groups in total. The van der Waals surface area contributed by atoms with Crippen molar-refractivity contribution < 1.29 is 14.2 Å². The van der Waals surface area contributed by atoms with Crippen molar-refractivity contribution in [2.24, 2.45) is 17.3 Å². The summed E-state index contributed by atoms with van der Waals surface area (Å²) < 4.78 is 17.5. The van der Waals surface area contributed by atoms with Crippen LogP contribution in [0.3, 0.4) is 0 Å². The van der Waals surface area contributed by atoms with Crippen molar-refractivity contribution in [1.29, 1.82) is 0 Å². The van der Waals surface area contributed by atoms with Gasteiger partial charge in [0.05, 0.1) is 25.4 Å². The Labute approximate surface area is 131 Å². The standard InChI is InChI=1S/C18H36O3/c1-7-15(2)18(12-19-5,13-20-6)14-21-17(3,4)16-10-8-9-11-16/h15-16H,7-14H2,1-6H3. The van der Waals surface area contributed by atoms with Gasteiger partial charge in [-0.15, -0.1) is 0 Å². The third kappa shape index (κ3) is 4.94.